The molecule has 2 aromatic rings. The molecule has 0 radical (unpaired) electrons. The minimum atomic E-state index is 0.117. The lowest BCUT2D eigenvalue weighted by molar-refractivity contribution is 0.571. The van der Waals surface area contributed by atoms with Crippen LogP contribution in [0.5, 0.6) is 0 Å². The molecule has 3 rings (SSSR count). The van der Waals surface area contributed by atoms with Gasteiger partial charge < -0.3 is 9.88 Å². The fraction of sp³-hybridized carbons (Fsp3) is 0.400. The number of hydrogen-bond acceptors (Lipinski definition) is 3. The van der Waals surface area contributed by atoms with Crippen LogP contribution in [0.3, 0.4) is 0 Å². The minimum absolute atomic E-state index is 0.117. The van der Waals surface area contributed by atoms with Gasteiger partial charge in [0.25, 0.3) is 5.56 Å². The van der Waals surface area contributed by atoms with E-state index in [1.165, 1.54) is 22.6 Å². The molecule has 0 bridgehead atoms. The van der Waals surface area contributed by atoms with Gasteiger partial charge in [0.05, 0.1) is 4.34 Å². The van der Waals surface area contributed by atoms with Crippen LogP contribution in [-0.2, 0) is 25.9 Å². The second-order valence-electron chi connectivity index (χ2n) is 5.03. The van der Waals surface area contributed by atoms with Gasteiger partial charge in [-0.15, -0.1) is 11.3 Å². The lowest BCUT2D eigenvalue weighted by Crippen LogP contribution is -2.28. The molecular weight excluding hydrogens is 292 g/mol. The highest BCUT2D eigenvalue weighted by molar-refractivity contribution is 7.16. The lowest BCUT2D eigenvalue weighted by Gasteiger charge is -2.12. The Kier molecular flexibility index (Phi) is 4.24. The monoisotopic (exact) mass is 308 g/mol. The van der Waals surface area contributed by atoms with Gasteiger partial charge in [0.15, 0.2) is 0 Å². The van der Waals surface area contributed by atoms with Crippen LogP contribution >= 0.6 is 22.9 Å². The highest BCUT2D eigenvalue weighted by Gasteiger charge is 2.15. The summed E-state index contributed by atoms with van der Waals surface area (Å²) in [7, 11) is 0. The number of nitrogens with zero attached hydrogens (tertiary/aromatic N) is 1. The quantitative estimate of drug-likeness (QED) is 0.862. The molecule has 2 heterocycles. The maximum absolute atomic E-state index is 12.0. The summed E-state index contributed by atoms with van der Waals surface area (Å²) in [4.78, 5) is 13.2. The molecule has 1 N–H and O–H groups in total. The average Bonchev–Trinajstić information content (AvgIpc) is 3.05. The van der Waals surface area contributed by atoms with Gasteiger partial charge in [-0.1, -0.05) is 17.7 Å². The fourth-order valence-corrected chi connectivity index (χ4v) is 3.79. The van der Waals surface area contributed by atoms with Crippen molar-refractivity contribution in [3.63, 3.8) is 0 Å². The second-order valence-corrected chi connectivity index (χ2v) is 6.83. The highest BCUT2D eigenvalue weighted by Crippen LogP contribution is 2.21. The van der Waals surface area contributed by atoms with Crippen LogP contribution in [0.1, 0.15) is 22.6 Å². The molecule has 0 aromatic carbocycles. The van der Waals surface area contributed by atoms with Gasteiger partial charge in [-0.25, -0.2) is 0 Å². The zero-order valence-electron chi connectivity index (χ0n) is 11.2. The first-order valence-corrected chi connectivity index (χ1v) is 8.10. The van der Waals surface area contributed by atoms with E-state index < -0.39 is 0 Å². The third kappa shape index (κ3) is 2.97. The Hall–Kier alpha value is -1.10. The van der Waals surface area contributed by atoms with E-state index in [4.69, 9.17) is 11.6 Å². The summed E-state index contributed by atoms with van der Waals surface area (Å²) >= 11 is 7.49. The van der Waals surface area contributed by atoms with Crippen molar-refractivity contribution in [2.45, 2.75) is 32.4 Å². The molecule has 0 spiro atoms. The predicted octanol–water partition coefficient (Wildman–Crippen LogP) is 2.84. The van der Waals surface area contributed by atoms with E-state index in [0.29, 0.717) is 0 Å². The summed E-state index contributed by atoms with van der Waals surface area (Å²) in [6.45, 7) is 2.34. The largest absolute Gasteiger partial charge is 0.311 e. The molecule has 5 heteroatoms. The van der Waals surface area contributed by atoms with E-state index in [2.05, 4.69) is 5.32 Å². The number of aromatic nitrogens is 1. The number of thiophene rings is 1. The number of rotatable bonds is 5. The predicted molar refractivity (Wildman–Crippen MR) is 83.8 cm³/mol. The zero-order valence-corrected chi connectivity index (χ0v) is 12.8. The summed E-state index contributed by atoms with van der Waals surface area (Å²) in [6.07, 6.45) is 3.31. The SMILES string of the molecule is O=c1ccc2c(n1CCNCc1ccc(Cl)s1)CCC2. The normalized spacial score (nSPS) is 13.7. The van der Waals surface area contributed by atoms with Crippen LogP contribution in [0.25, 0.3) is 0 Å². The summed E-state index contributed by atoms with van der Waals surface area (Å²) < 4.78 is 2.75. The van der Waals surface area contributed by atoms with Gasteiger partial charge in [-0.2, -0.15) is 0 Å². The maximum atomic E-state index is 12.0. The van der Waals surface area contributed by atoms with Gasteiger partial charge in [0.2, 0.25) is 0 Å². The van der Waals surface area contributed by atoms with Gasteiger partial charge in [-0.3, -0.25) is 4.79 Å². The molecule has 0 aliphatic heterocycles. The number of hydrogen-bond donors (Lipinski definition) is 1. The Morgan fingerprint density at radius 3 is 2.95 bits per heavy atom. The van der Waals surface area contributed by atoms with Crippen molar-refractivity contribution < 1.29 is 0 Å². The Balaban J connectivity index is 1.59. The first-order valence-electron chi connectivity index (χ1n) is 6.90. The number of aryl methyl sites for hydroxylation is 1. The number of fused-ring (bicyclic) bond motifs is 1. The second kappa shape index (κ2) is 6.12. The van der Waals surface area contributed by atoms with Crippen LogP contribution in [0.15, 0.2) is 29.1 Å². The van der Waals surface area contributed by atoms with Crippen LogP contribution in [-0.4, -0.2) is 11.1 Å². The Morgan fingerprint density at radius 1 is 1.25 bits per heavy atom. The van der Waals surface area contributed by atoms with Gasteiger partial charge in [0.1, 0.15) is 0 Å². The van der Waals surface area contributed by atoms with Crippen molar-refractivity contribution >= 4 is 22.9 Å². The fourth-order valence-electron chi connectivity index (χ4n) is 2.73. The van der Waals surface area contributed by atoms with Crippen LogP contribution in [0.2, 0.25) is 4.34 Å². The molecular formula is C15H17ClN2OS. The molecule has 0 saturated heterocycles. The summed E-state index contributed by atoms with van der Waals surface area (Å²) in [5.74, 6) is 0. The van der Waals surface area contributed by atoms with Crippen molar-refractivity contribution in [3.8, 4) is 0 Å². The molecule has 3 nitrogen and oxygen atoms in total. The topological polar surface area (TPSA) is 34.0 Å². The molecule has 1 aliphatic rings. The van der Waals surface area contributed by atoms with Crippen LogP contribution in [0, 0.1) is 0 Å². The molecule has 20 heavy (non-hydrogen) atoms. The van der Waals surface area contributed by atoms with Crippen molar-refractivity contribution in [2.24, 2.45) is 0 Å². The number of halogens is 1. The van der Waals surface area contributed by atoms with Crippen molar-refractivity contribution in [1.82, 2.24) is 9.88 Å². The summed E-state index contributed by atoms with van der Waals surface area (Å²) in [5.41, 5.74) is 2.69. The van der Waals surface area contributed by atoms with E-state index in [1.54, 1.807) is 17.4 Å². The molecule has 0 atom stereocenters. The van der Waals surface area contributed by atoms with E-state index in [1.807, 2.05) is 22.8 Å². The van der Waals surface area contributed by atoms with E-state index in [-0.39, 0.29) is 5.56 Å². The molecule has 106 valence electrons. The highest BCUT2D eigenvalue weighted by atomic mass is 35.5. The zero-order chi connectivity index (χ0) is 13.9. The molecule has 0 unspecified atom stereocenters. The summed E-state index contributed by atoms with van der Waals surface area (Å²) in [5, 5.41) is 3.37. The van der Waals surface area contributed by atoms with Crippen LogP contribution in [0.4, 0.5) is 0 Å². The Labute approximate surface area is 127 Å². The smallest absolute Gasteiger partial charge is 0.250 e. The number of pyridine rings is 1. The average molecular weight is 309 g/mol. The third-order valence-corrected chi connectivity index (χ3v) is 4.92. The minimum Gasteiger partial charge on any atom is -0.311 e. The maximum Gasteiger partial charge on any atom is 0.250 e. The van der Waals surface area contributed by atoms with E-state index in [9.17, 15) is 4.79 Å². The standard InChI is InChI=1S/C15H17ClN2OS/c16-14-6-5-12(20-14)10-17-8-9-18-13-3-1-2-11(13)4-7-15(18)19/h4-7,17H,1-3,8-10H2. The van der Waals surface area contributed by atoms with Crippen molar-refractivity contribution in [1.29, 1.82) is 0 Å². The van der Waals surface area contributed by atoms with Crippen molar-refractivity contribution in [2.75, 3.05) is 6.54 Å². The van der Waals surface area contributed by atoms with Gasteiger partial charge >= 0.3 is 0 Å². The Bertz CT molecular complexity index is 662. The molecule has 1 aliphatic carbocycles. The van der Waals surface area contributed by atoms with Gasteiger partial charge in [-0.05, 0) is 37.0 Å². The number of nitrogens with one attached hydrogen (secondary N) is 1. The molecule has 0 fully saturated rings. The van der Waals surface area contributed by atoms with Crippen molar-refractivity contribution in [3.05, 3.63) is 55.1 Å². The van der Waals surface area contributed by atoms with Crippen LogP contribution < -0.4 is 10.9 Å². The first-order chi connectivity index (χ1) is 9.74. The lowest BCUT2D eigenvalue weighted by atomic mass is 10.2. The summed E-state index contributed by atoms with van der Waals surface area (Å²) in [6, 6.07) is 7.63. The third-order valence-electron chi connectivity index (χ3n) is 3.69. The van der Waals surface area contributed by atoms with E-state index >= 15 is 0 Å². The molecule has 0 amide bonds. The first kappa shape index (κ1) is 13.9. The van der Waals surface area contributed by atoms with Gasteiger partial charge in [0, 0.05) is 36.3 Å². The molecule has 2 aromatic heterocycles. The Morgan fingerprint density at radius 2 is 2.15 bits per heavy atom. The molecule has 0 saturated carbocycles. The van der Waals surface area contributed by atoms with E-state index in [0.717, 1.165) is 36.8 Å².